The van der Waals surface area contributed by atoms with Crippen molar-refractivity contribution in [2.75, 3.05) is 12.3 Å². The number of thioether (sulfide) groups is 1. The Hall–Kier alpha value is -1.53. The zero-order chi connectivity index (χ0) is 18.1. The monoisotopic (exact) mass is 381 g/mol. The van der Waals surface area contributed by atoms with E-state index >= 15 is 0 Å². The van der Waals surface area contributed by atoms with Gasteiger partial charge in [0.25, 0.3) is 5.22 Å². The Kier molecular flexibility index (Phi) is 8.28. The highest BCUT2D eigenvalue weighted by molar-refractivity contribution is 7.99. The lowest BCUT2D eigenvalue weighted by Crippen LogP contribution is -2.30. The van der Waals surface area contributed by atoms with Crippen LogP contribution in [-0.2, 0) is 4.79 Å². The molecule has 1 atom stereocenters. The minimum absolute atomic E-state index is 0.00816. The molecule has 1 N–H and O–H groups in total. The smallest absolute Gasteiger partial charge is 0.277 e. The third kappa shape index (κ3) is 6.71. The Morgan fingerprint density at radius 2 is 2.04 bits per heavy atom. The normalized spacial score (nSPS) is 12.1. The molecular weight excluding hydrogens is 358 g/mol. The highest BCUT2D eigenvalue weighted by Gasteiger charge is 2.12. The van der Waals surface area contributed by atoms with E-state index in [2.05, 4.69) is 29.4 Å². The van der Waals surface area contributed by atoms with Gasteiger partial charge in [0.05, 0.1) is 5.75 Å². The number of hydrogen-bond donors (Lipinski definition) is 1. The summed E-state index contributed by atoms with van der Waals surface area (Å²) < 4.78 is 5.58. The van der Waals surface area contributed by atoms with Crippen molar-refractivity contribution in [2.24, 2.45) is 5.92 Å². The maximum atomic E-state index is 12.0. The fraction of sp³-hybridized carbons (Fsp3) is 0.500. The summed E-state index contributed by atoms with van der Waals surface area (Å²) in [5.74, 6) is 1.23. The van der Waals surface area contributed by atoms with Crippen molar-refractivity contribution >= 4 is 29.3 Å². The average Bonchev–Trinajstić information content (AvgIpc) is 3.10. The van der Waals surface area contributed by atoms with Gasteiger partial charge in [0.1, 0.15) is 0 Å². The van der Waals surface area contributed by atoms with Crippen LogP contribution in [-0.4, -0.2) is 28.4 Å². The third-order valence-corrected chi connectivity index (χ3v) is 5.03. The van der Waals surface area contributed by atoms with Gasteiger partial charge in [-0.05, 0) is 36.6 Å². The van der Waals surface area contributed by atoms with Crippen LogP contribution in [0.1, 0.15) is 39.5 Å². The zero-order valence-electron chi connectivity index (χ0n) is 14.6. The van der Waals surface area contributed by atoms with Crippen LogP contribution in [0.5, 0.6) is 0 Å². The van der Waals surface area contributed by atoms with Gasteiger partial charge in [0.2, 0.25) is 11.8 Å². The van der Waals surface area contributed by atoms with Gasteiger partial charge in [-0.1, -0.05) is 56.5 Å². The van der Waals surface area contributed by atoms with Crippen molar-refractivity contribution in [3.05, 3.63) is 29.3 Å². The summed E-state index contributed by atoms with van der Waals surface area (Å²) in [7, 11) is 0. The molecule has 0 unspecified atom stereocenters. The van der Waals surface area contributed by atoms with E-state index in [1.54, 1.807) is 12.1 Å². The summed E-state index contributed by atoms with van der Waals surface area (Å²) in [6.45, 7) is 5.08. The minimum atomic E-state index is -0.00816. The first-order valence-corrected chi connectivity index (χ1v) is 9.97. The molecule has 0 aliphatic heterocycles. The lowest BCUT2D eigenvalue weighted by Gasteiger charge is -2.14. The van der Waals surface area contributed by atoms with Crippen LogP contribution in [0, 0.1) is 5.92 Å². The molecule has 1 amide bonds. The van der Waals surface area contributed by atoms with Gasteiger partial charge in [0, 0.05) is 17.1 Å². The average molecular weight is 382 g/mol. The summed E-state index contributed by atoms with van der Waals surface area (Å²) in [5.41, 5.74) is 0.801. The van der Waals surface area contributed by atoms with Crippen molar-refractivity contribution in [3.8, 4) is 11.5 Å². The lowest BCUT2D eigenvalue weighted by atomic mass is 9.99. The lowest BCUT2D eigenvalue weighted by molar-refractivity contribution is -0.118. The molecule has 25 heavy (non-hydrogen) atoms. The molecular formula is C18H24ClN3O2S. The van der Waals surface area contributed by atoms with Gasteiger partial charge >= 0.3 is 0 Å². The van der Waals surface area contributed by atoms with E-state index in [4.69, 9.17) is 16.0 Å². The molecule has 0 aliphatic rings. The molecule has 0 bridgehead atoms. The summed E-state index contributed by atoms with van der Waals surface area (Å²) in [6.07, 6.45) is 4.64. The number of halogens is 1. The molecule has 136 valence electrons. The van der Waals surface area contributed by atoms with Crippen LogP contribution in [0.2, 0.25) is 5.02 Å². The molecule has 0 fully saturated rings. The molecule has 5 nitrogen and oxygen atoms in total. The number of carbonyl (C=O) groups excluding carboxylic acids is 1. The van der Waals surface area contributed by atoms with E-state index < -0.39 is 0 Å². The SMILES string of the molecule is CCCC[C@@H](CC)CNC(=O)CSc1nnc(-c2ccc(Cl)cc2)o1. The van der Waals surface area contributed by atoms with Crippen molar-refractivity contribution in [1.29, 1.82) is 0 Å². The number of unbranched alkanes of at least 4 members (excludes halogenated alkanes) is 1. The number of carbonyl (C=O) groups is 1. The molecule has 0 radical (unpaired) electrons. The van der Waals surface area contributed by atoms with Gasteiger partial charge < -0.3 is 9.73 Å². The topological polar surface area (TPSA) is 68.0 Å². The summed E-state index contributed by atoms with van der Waals surface area (Å²) >= 11 is 7.11. The Morgan fingerprint density at radius 1 is 1.28 bits per heavy atom. The van der Waals surface area contributed by atoms with Crippen molar-refractivity contribution < 1.29 is 9.21 Å². The molecule has 1 heterocycles. The fourth-order valence-corrected chi connectivity index (χ4v) is 3.08. The number of aromatic nitrogens is 2. The Morgan fingerprint density at radius 3 is 2.72 bits per heavy atom. The van der Waals surface area contributed by atoms with E-state index in [-0.39, 0.29) is 11.7 Å². The van der Waals surface area contributed by atoms with Crippen LogP contribution >= 0.6 is 23.4 Å². The van der Waals surface area contributed by atoms with E-state index in [0.717, 1.165) is 24.9 Å². The Bertz CT molecular complexity index is 661. The number of nitrogens with zero attached hydrogens (tertiary/aromatic N) is 2. The highest BCUT2D eigenvalue weighted by Crippen LogP contribution is 2.24. The summed E-state index contributed by atoms with van der Waals surface area (Å²) in [4.78, 5) is 12.0. The van der Waals surface area contributed by atoms with Crippen LogP contribution < -0.4 is 5.32 Å². The second-order valence-electron chi connectivity index (χ2n) is 5.89. The van der Waals surface area contributed by atoms with Crippen LogP contribution in [0.3, 0.4) is 0 Å². The number of nitrogens with one attached hydrogen (secondary N) is 1. The molecule has 1 aromatic heterocycles. The van der Waals surface area contributed by atoms with Crippen LogP contribution in [0.15, 0.2) is 33.9 Å². The van der Waals surface area contributed by atoms with Crippen LogP contribution in [0.4, 0.5) is 0 Å². The van der Waals surface area contributed by atoms with Crippen molar-refractivity contribution in [1.82, 2.24) is 15.5 Å². The highest BCUT2D eigenvalue weighted by atomic mass is 35.5. The maximum absolute atomic E-state index is 12.0. The molecule has 2 aromatic rings. The second kappa shape index (κ2) is 10.5. The minimum Gasteiger partial charge on any atom is -0.411 e. The van der Waals surface area contributed by atoms with Gasteiger partial charge in [-0.15, -0.1) is 10.2 Å². The van der Waals surface area contributed by atoms with Crippen molar-refractivity contribution in [3.63, 3.8) is 0 Å². The summed E-state index contributed by atoms with van der Waals surface area (Å²) in [5, 5.41) is 12.0. The summed E-state index contributed by atoms with van der Waals surface area (Å²) in [6, 6.07) is 7.17. The Labute approximate surface area is 157 Å². The second-order valence-corrected chi connectivity index (χ2v) is 7.25. The van der Waals surface area contributed by atoms with E-state index in [9.17, 15) is 4.79 Å². The van der Waals surface area contributed by atoms with Gasteiger partial charge in [-0.25, -0.2) is 0 Å². The number of rotatable bonds is 10. The third-order valence-electron chi connectivity index (χ3n) is 3.96. The van der Waals surface area contributed by atoms with E-state index in [1.165, 1.54) is 24.6 Å². The van der Waals surface area contributed by atoms with Gasteiger partial charge in [0.15, 0.2) is 0 Å². The number of amides is 1. The standard InChI is InChI=1S/C18H24ClN3O2S/c1-3-5-6-13(4-2)11-20-16(23)12-25-18-22-21-17(24-18)14-7-9-15(19)10-8-14/h7-10,13H,3-6,11-12H2,1-2H3,(H,20,23)/t13-/m1/s1. The predicted molar refractivity (Wildman–Crippen MR) is 102 cm³/mol. The zero-order valence-corrected chi connectivity index (χ0v) is 16.2. The fourth-order valence-electron chi connectivity index (χ4n) is 2.36. The molecule has 0 spiro atoms. The number of benzene rings is 1. The molecule has 0 saturated heterocycles. The number of hydrogen-bond acceptors (Lipinski definition) is 5. The Balaban J connectivity index is 1.77. The molecule has 1 aromatic carbocycles. The molecule has 2 rings (SSSR count). The van der Waals surface area contributed by atoms with Crippen molar-refractivity contribution in [2.45, 2.75) is 44.8 Å². The quantitative estimate of drug-likeness (QED) is 0.598. The molecule has 0 saturated carbocycles. The van der Waals surface area contributed by atoms with E-state index in [1.807, 2.05) is 12.1 Å². The van der Waals surface area contributed by atoms with Gasteiger partial charge in [-0.2, -0.15) is 0 Å². The molecule has 0 aliphatic carbocycles. The first-order chi connectivity index (χ1) is 12.1. The maximum Gasteiger partial charge on any atom is 0.277 e. The first-order valence-electron chi connectivity index (χ1n) is 8.61. The van der Waals surface area contributed by atoms with Gasteiger partial charge in [-0.3, -0.25) is 4.79 Å². The van der Waals surface area contributed by atoms with E-state index in [0.29, 0.717) is 22.1 Å². The van der Waals surface area contributed by atoms with Crippen LogP contribution in [0.25, 0.3) is 11.5 Å². The first kappa shape index (κ1) is 19.8. The molecule has 7 heteroatoms. The predicted octanol–water partition coefficient (Wildman–Crippen LogP) is 4.81. The largest absolute Gasteiger partial charge is 0.411 e.